The number of hydrogen-bond donors (Lipinski definition) is 0. The highest BCUT2D eigenvalue weighted by atomic mass is 32.2. The summed E-state index contributed by atoms with van der Waals surface area (Å²) in [4.78, 5) is 2.46. The summed E-state index contributed by atoms with van der Waals surface area (Å²) in [6.45, 7) is 9.05. The van der Waals surface area contributed by atoms with Crippen molar-refractivity contribution in [3.63, 3.8) is 0 Å². The molecule has 6 heteroatoms. The van der Waals surface area contributed by atoms with Crippen LogP contribution in [0.3, 0.4) is 0 Å². The minimum Gasteiger partial charge on any atom is -0.453 e. The Balaban J connectivity index is 1.60. The molecule has 2 aliphatic heterocycles. The van der Waals surface area contributed by atoms with Gasteiger partial charge in [-0.3, -0.25) is 4.90 Å². The molecule has 0 spiro atoms. The van der Waals surface area contributed by atoms with Crippen LogP contribution in [0.25, 0.3) is 0 Å². The zero-order chi connectivity index (χ0) is 17.0. The van der Waals surface area contributed by atoms with Gasteiger partial charge in [0, 0.05) is 19.6 Å². The highest BCUT2D eigenvalue weighted by Crippen LogP contribution is 2.44. The molecule has 132 valence electrons. The maximum atomic E-state index is 5.84. The molecule has 1 atom stereocenters. The molecule has 5 nitrogen and oxygen atoms in total. The van der Waals surface area contributed by atoms with Gasteiger partial charge in [0.15, 0.2) is 0 Å². The van der Waals surface area contributed by atoms with E-state index in [0.29, 0.717) is 6.08 Å². The summed E-state index contributed by atoms with van der Waals surface area (Å²) >= 11 is 1.51. The number of hydrogen-bond acceptors (Lipinski definition) is 6. The molecular formula is C18H26N2O3S. The van der Waals surface area contributed by atoms with E-state index < -0.39 is 0 Å². The maximum Gasteiger partial charge on any atom is 0.395 e. The van der Waals surface area contributed by atoms with Crippen LogP contribution in [0, 0.1) is 0 Å². The van der Waals surface area contributed by atoms with E-state index in [1.54, 1.807) is 7.11 Å². The monoisotopic (exact) mass is 350 g/mol. The van der Waals surface area contributed by atoms with Gasteiger partial charge in [-0.05, 0) is 43.3 Å². The molecule has 1 aromatic carbocycles. The summed E-state index contributed by atoms with van der Waals surface area (Å²) in [5.41, 5.74) is 2.25. The topological polar surface area (TPSA) is 43.3 Å². The second-order valence-electron chi connectivity index (χ2n) is 6.70. The molecule has 1 fully saturated rings. The Morgan fingerprint density at radius 1 is 1.25 bits per heavy atom. The fraction of sp³-hybridized carbons (Fsp3) is 0.611. The predicted molar refractivity (Wildman–Crippen MR) is 97.3 cm³/mol. The van der Waals surface area contributed by atoms with Crippen molar-refractivity contribution in [3.8, 4) is 0 Å². The van der Waals surface area contributed by atoms with Gasteiger partial charge in [0.05, 0.1) is 25.6 Å². The van der Waals surface area contributed by atoms with Crippen molar-refractivity contribution in [1.29, 1.82) is 0 Å². The number of ether oxygens (including phenoxy) is 3. The van der Waals surface area contributed by atoms with E-state index in [1.165, 1.54) is 23.1 Å². The highest BCUT2D eigenvalue weighted by Gasteiger charge is 2.38. The van der Waals surface area contributed by atoms with Crippen LogP contribution < -0.4 is 0 Å². The first kappa shape index (κ1) is 17.6. The Labute approximate surface area is 148 Å². The average Bonchev–Trinajstić information content (AvgIpc) is 2.60. The Bertz CT molecular complexity index is 568. The van der Waals surface area contributed by atoms with E-state index in [9.17, 15) is 0 Å². The molecule has 1 aromatic rings. The van der Waals surface area contributed by atoms with Crippen LogP contribution in [0.15, 0.2) is 28.7 Å². The maximum absolute atomic E-state index is 5.84. The quantitative estimate of drug-likeness (QED) is 0.781. The summed E-state index contributed by atoms with van der Waals surface area (Å²) in [5.74, 6) is 0. The number of morpholine rings is 1. The first-order valence-electron chi connectivity index (χ1n) is 8.44. The van der Waals surface area contributed by atoms with Crippen LogP contribution in [-0.2, 0) is 20.6 Å². The molecule has 1 saturated heterocycles. The van der Waals surface area contributed by atoms with Crippen LogP contribution in [0.5, 0.6) is 0 Å². The molecule has 2 aliphatic rings. The fourth-order valence-electron chi connectivity index (χ4n) is 3.03. The van der Waals surface area contributed by atoms with Crippen molar-refractivity contribution in [2.45, 2.75) is 31.1 Å². The zero-order valence-electron chi connectivity index (χ0n) is 14.7. The third kappa shape index (κ3) is 4.23. The standard InChI is InChI=1S/C18H26N2O3S/c1-18(2)16(24-19-17(21-3)23-18)15-6-4-14(5-7-15)8-9-20-10-12-22-13-11-20/h4-7,16H,8-13H2,1-3H3. The van der Waals surface area contributed by atoms with Crippen LogP contribution in [0.1, 0.15) is 30.2 Å². The Morgan fingerprint density at radius 3 is 2.58 bits per heavy atom. The van der Waals surface area contributed by atoms with Gasteiger partial charge >= 0.3 is 6.08 Å². The number of rotatable bonds is 4. The second-order valence-corrected chi connectivity index (χ2v) is 7.56. The summed E-state index contributed by atoms with van der Waals surface area (Å²) in [5, 5.41) is 0.157. The predicted octanol–water partition coefficient (Wildman–Crippen LogP) is 3.06. The zero-order valence-corrected chi connectivity index (χ0v) is 15.5. The lowest BCUT2D eigenvalue weighted by atomic mass is 9.96. The lowest BCUT2D eigenvalue weighted by molar-refractivity contribution is 0.0384. The smallest absolute Gasteiger partial charge is 0.395 e. The molecule has 1 unspecified atom stereocenters. The second kappa shape index (κ2) is 7.76. The van der Waals surface area contributed by atoms with Crippen molar-refractivity contribution >= 4 is 18.0 Å². The Hall–Kier alpha value is -1.24. The number of benzene rings is 1. The van der Waals surface area contributed by atoms with Crippen LogP contribution in [0.2, 0.25) is 0 Å². The van der Waals surface area contributed by atoms with E-state index in [2.05, 4.69) is 47.4 Å². The average molecular weight is 350 g/mol. The largest absolute Gasteiger partial charge is 0.453 e. The number of methoxy groups -OCH3 is 1. The summed E-state index contributed by atoms with van der Waals surface area (Å²) < 4.78 is 20.6. The van der Waals surface area contributed by atoms with E-state index in [4.69, 9.17) is 14.2 Å². The lowest BCUT2D eigenvalue weighted by Crippen LogP contribution is -2.37. The molecule has 0 saturated carbocycles. The summed E-state index contributed by atoms with van der Waals surface area (Å²) in [6, 6.07) is 8.85. The molecule has 0 aliphatic carbocycles. The van der Waals surface area contributed by atoms with Crippen molar-refractivity contribution in [1.82, 2.24) is 4.90 Å². The van der Waals surface area contributed by atoms with Gasteiger partial charge in [-0.15, -0.1) is 4.40 Å². The van der Waals surface area contributed by atoms with Crippen LogP contribution >= 0.6 is 11.9 Å². The van der Waals surface area contributed by atoms with Gasteiger partial charge in [-0.25, -0.2) is 0 Å². The Kier molecular flexibility index (Phi) is 5.69. The summed E-state index contributed by atoms with van der Waals surface area (Å²) in [6.07, 6.45) is 1.42. The molecule has 0 radical (unpaired) electrons. The van der Waals surface area contributed by atoms with E-state index in [-0.39, 0.29) is 10.9 Å². The van der Waals surface area contributed by atoms with Gasteiger partial charge in [0.1, 0.15) is 5.60 Å². The number of nitrogens with zero attached hydrogens (tertiary/aromatic N) is 2. The molecule has 3 rings (SSSR count). The van der Waals surface area contributed by atoms with Gasteiger partial charge in [-0.1, -0.05) is 24.3 Å². The minimum absolute atomic E-state index is 0.157. The third-order valence-corrected chi connectivity index (χ3v) is 5.80. The first-order chi connectivity index (χ1) is 11.6. The van der Waals surface area contributed by atoms with Crippen molar-refractivity contribution < 1.29 is 14.2 Å². The van der Waals surface area contributed by atoms with Crippen molar-refractivity contribution in [2.75, 3.05) is 40.0 Å². The van der Waals surface area contributed by atoms with Gasteiger partial charge in [-0.2, -0.15) is 0 Å². The fourth-order valence-corrected chi connectivity index (χ4v) is 3.92. The van der Waals surface area contributed by atoms with Gasteiger partial charge < -0.3 is 14.2 Å². The third-order valence-electron chi connectivity index (χ3n) is 4.49. The van der Waals surface area contributed by atoms with E-state index >= 15 is 0 Å². The molecule has 0 N–H and O–H groups in total. The first-order valence-corrected chi connectivity index (χ1v) is 9.28. The molecule has 0 aromatic heterocycles. The van der Waals surface area contributed by atoms with Crippen LogP contribution in [0.4, 0.5) is 0 Å². The summed E-state index contributed by atoms with van der Waals surface area (Å²) in [7, 11) is 1.58. The van der Waals surface area contributed by atoms with Crippen molar-refractivity contribution in [2.24, 2.45) is 4.40 Å². The van der Waals surface area contributed by atoms with E-state index in [0.717, 1.165) is 39.3 Å². The SMILES string of the molecule is COC1=NSC(c2ccc(CCN3CCOCC3)cc2)C(C)(C)O1. The van der Waals surface area contributed by atoms with Gasteiger partial charge in [0.25, 0.3) is 0 Å². The molecule has 2 heterocycles. The molecule has 24 heavy (non-hydrogen) atoms. The molecular weight excluding hydrogens is 324 g/mol. The lowest BCUT2D eigenvalue weighted by Gasteiger charge is -2.36. The van der Waals surface area contributed by atoms with Crippen molar-refractivity contribution in [3.05, 3.63) is 35.4 Å². The normalized spacial score (nSPS) is 24.1. The van der Waals surface area contributed by atoms with E-state index in [1.807, 2.05) is 0 Å². The molecule has 0 amide bonds. The van der Waals surface area contributed by atoms with Gasteiger partial charge in [0.2, 0.25) is 0 Å². The Morgan fingerprint density at radius 2 is 1.96 bits per heavy atom. The minimum atomic E-state index is -0.354. The highest BCUT2D eigenvalue weighted by molar-refractivity contribution is 7.98. The molecule has 0 bridgehead atoms. The van der Waals surface area contributed by atoms with Crippen LogP contribution in [-0.4, -0.2) is 56.5 Å².